The number of nitrogens with one attached hydrogen (secondary N) is 2. The molecule has 130 valence electrons. The van der Waals surface area contributed by atoms with Crippen LogP contribution >= 0.6 is 15.9 Å². The number of hydrogen-bond acceptors (Lipinski definition) is 4. The van der Waals surface area contributed by atoms with E-state index in [1.54, 1.807) is 6.92 Å². The Kier molecular flexibility index (Phi) is 6.39. The van der Waals surface area contributed by atoms with Crippen molar-refractivity contribution in [2.24, 2.45) is 0 Å². The molecular weight excluding hydrogens is 376 g/mol. The molecular formula is C17H21BrN2O4. The van der Waals surface area contributed by atoms with E-state index in [-0.39, 0.29) is 18.7 Å². The van der Waals surface area contributed by atoms with Crippen molar-refractivity contribution in [3.8, 4) is 0 Å². The van der Waals surface area contributed by atoms with Gasteiger partial charge in [0.15, 0.2) is 0 Å². The van der Waals surface area contributed by atoms with Gasteiger partial charge in [0.25, 0.3) is 0 Å². The van der Waals surface area contributed by atoms with Crippen LogP contribution in [0.4, 0.5) is 4.79 Å². The van der Waals surface area contributed by atoms with E-state index in [1.807, 2.05) is 38.1 Å². The van der Waals surface area contributed by atoms with Gasteiger partial charge in [-0.25, -0.2) is 9.59 Å². The van der Waals surface area contributed by atoms with Gasteiger partial charge >= 0.3 is 12.0 Å². The Hall–Kier alpha value is -1.86. The SMILES string of the molecule is CC1=C(C(=O)OCCOC(C)C)[C@@H](c2ccc(Br)cc2)NC(=O)N1. The zero-order chi connectivity index (χ0) is 17.7. The summed E-state index contributed by atoms with van der Waals surface area (Å²) in [5.41, 5.74) is 1.68. The summed E-state index contributed by atoms with van der Waals surface area (Å²) >= 11 is 3.37. The Bertz CT molecular complexity index is 640. The molecule has 0 spiro atoms. The average Bonchev–Trinajstić information content (AvgIpc) is 2.51. The molecule has 0 unspecified atom stereocenters. The molecule has 24 heavy (non-hydrogen) atoms. The normalized spacial score (nSPS) is 17.5. The van der Waals surface area contributed by atoms with Crippen LogP contribution in [-0.4, -0.2) is 31.3 Å². The van der Waals surface area contributed by atoms with Crippen molar-refractivity contribution in [1.29, 1.82) is 0 Å². The summed E-state index contributed by atoms with van der Waals surface area (Å²) in [7, 11) is 0. The molecule has 1 atom stereocenters. The second kappa shape index (κ2) is 8.30. The molecule has 0 saturated carbocycles. The molecule has 2 amide bonds. The molecule has 1 aliphatic rings. The highest BCUT2D eigenvalue weighted by atomic mass is 79.9. The van der Waals surface area contributed by atoms with Gasteiger partial charge in [0.2, 0.25) is 0 Å². The van der Waals surface area contributed by atoms with E-state index in [1.165, 1.54) is 0 Å². The molecule has 1 heterocycles. The van der Waals surface area contributed by atoms with Gasteiger partial charge in [-0.2, -0.15) is 0 Å². The van der Waals surface area contributed by atoms with Crippen LogP contribution in [0.2, 0.25) is 0 Å². The van der Waals surface area contributed by atoms with Crippen molar-refractivity contribution < 1.29 is 19.1 Å². The fourth-order valence-electron chi connectivity index (χ4n) is 2.37. The summed E-state index contributed by atoms with van der Waals surface area (Å²) in [5.74, 6) is -0.472. The van der Waals surface area contributed by atoms with Gasteiger partial charge in [0.1, 0.15) is 6.61 Å². The van der Waals surface area contributed by atoms with Crippen LogP contribution in [0.3, 0.4) is 0 Å². The first-order valence-electron chi connectivity index (χ1n) is 7.71. The smallest absolute Gasteiger partial charge is 0.338 e. The summed E-state index contributed by atoms with van der Waals surface area (Å²) in [6.07, 6.45) is 0.0794. The van der Waals surface area contributed by atoms with E-state index in [9.17, 15) is 9.59 Å². The van der Waals surface area contributed by atoms with Gasteiger partial charge in [-0.3, -0.25) is 0 Å². The fourth-order valence-corrected chi connectivity index (χ4v) is 2.63. The number of carbonyl (C=O) groups excluding carboxylic acids is 2. The van der Waals surface area contributed by atoms with E-state index in [4.69, 9.17) is 9.47 Å². The Labute approximate surface area is 149 Å². The van der Waals surface area contributed by atoms with Gasteiger partial charge in [0, 0.05) is 10.2 Å². The number of hydrogen-bond donors (Lipinski definition) is 2. The zero-order valence-electron chi connectivity index (χ0n) is 13.9. The van der Waals surface area contributed by atoms with Crippen LogP contribution < -0.4 is 10.6 Å². The lowest BCUT2D eigenvalue weighted by molar-refractivity contribution is -0.141. The summed E-state index contributed by atoms with van der Waals surface area (Å²) in [5, 5.41) is 5.39. The van der Waals surface area contributed by atoms with E-state index in [0.717, 1.165) is 10.0 Å². The highest BCUT2D eigenvalue weighted by Gasteiger charge is 2.32. The lowest BCUT2D eigenvalue weighted by Crippen LogP contribution is -2.45. The van der Waals surface area contributed by atoms with Crippen molar-refractivity contribution in [2.45, 2.75) is 32.9 Å². The predicted octanol–water partition coefficient (Wildman–Crippen LogP) is 3.05. The maximum absolute atomic E-state index is 12.5. The van der Waals surface area contributed by atoms with Crippen LogP contribution in [0.15, 0.2) is 40.0 Å². The molecule has 2 N–H and O–H groups in total. The molecule has 1 aromatic rings. The van der Waals surface area contributed by atoms with Crippen molar-refractivity contribution in [1.82, 2.24) is 10.6 Å². The minimum Gasteiger partial charge on any atom is -0.460 e. The third-order valence-corrected chi connectivity index (χ3v) is 3.99. The third-order valence-electron chi connectivity index (χ3n) is 3.46. The lowest BCUT2D eigenvalue weighted by Gasteiger charge is -2.28. The maximum Gasteiger partial charge on any atom is 0.338 e. The molecule has 0 aromatic heterocycles. The first-order valence-corrected chi connectivity index (χ1v) is 8.50. The minimum absolute atomic E-state index is 0.0794. The van der Waals surface area contributed by atoms with Gasteiger partial charge in [0.05, 0.1) is 24.3 Å². The van der Waals surface area contributed by atoms with E-state index >= 15 is 0 Å². The topological polar surface area (TPSA) is 76.7 Å². The predicted molar refractivity (Wildman–Crippen MR) is 93.3 cm³/mol. The van der Waals surface area contributed by atoms with Crippen molar-refractivity contribution in [2.75, 3.05) is 13.2 Å². The quantitative estimate of drug-likeness (QED) is 0.572. The second-order valence-electron chi connectivity index (χ2n) is 5.68. The molecule has 1 aliphatic heterocycles. The van der Waals surface area contributed by atoms with Gasteiger partial charge in [-0.15, -0.1) is 0 Å². The Morgan fingerprint density at radius 1 is 1.25 bits per heavy atom. The third kappa shape index (κ3) is 4.82. The van der Waals surface area contributed by atoms with Crippen molar-refractivity contribution >= 4 is 27.9 Å². The van der Waals surface area contributed by atoms with Crippen LogP contribution in [0.1, 0.15) is 32.4 Å². The number of benzene rings is 1. The molecule has 6 nitrogen and oxygen atoms in total. The summed E-state index contributed by atoms with van der Waals surface area (Å²) in [6.45, 7) is 6.01. The summed E-state index contributed by atoms with van der Waals surface area (Å²) in [6, 6.07) is 6.52. The minimum atomic E-state index is -0.551. The van der Waals surface area contributed by atoms with Crippen LogP contribution in [0, 0.1) is 0 Å². The molecule has 0 aliphatic carbocycles. The summed E-state index contributed by atoms with van der Waals surface area (Å²) in [4.78, 5) is 24.3. The van der Waals surface area contributed by atoms with Gasteiger partial charge in [-0.05, 0) is 38.5 Å². The number of urea groups is 1. The average molecular weight is 397 g/mol. The van der Waals surface area contributed by atoms with E-state index in [0.29, 0.717) is 17.9 Å². The Morgan fingerprint density at radius 2 is 1.92 bits per heavy atom. The van der Waals surface area contributed by atoms with E-state index < -0.39 is 12.0 Å². The number of allylic oxidation sites excluding steroid dienone is 1. The zero-order valence-corrected chi connectivity index (χ0v) is 15.5. The number of rotatable bonds is 6. The Morgan fingerprint density at radius 3 is 2.54 bits per heavy atom. The van der Waals surface area contributed by atoms with Crippen molar-refractivity contribution in [3.05, 3.63) is 45.6 Å². The van der Waals surface area contributed by atoms with Crippen LogP contribution in [0.25, 0.3) is 0 Å². The largest absolute Gasteiger partial charge is 0.460 e. The Balaban J connectivity index is 2.16. The molecule has 0 fully saturated rings. The molecule has 2 rings (SSSR count). The number of esters is 1. The van der Waals surface area contributed by atoms with Gasteiger partial charge < -0.3 is 20.1 Å². The standard InChI is InChI=1S/C17H21BrN2O4/c1-10(2)23-8-9-24-16(21)14-11(3)19-17(22)20-15(14)12-4-6-13(18)7-5-12/h4-7,10,15H,8-9H2,1-3H3,(H2,19,20,22)/t15-/m1/s1. The molecule has 7 heteroatoms. The second-order valence-corrected chi connectivity index (χ2v) is 6.59. The highest BCUT2D eigenvalue weighted by Crippen LogP contribution is 2.28. The van der Waals surface area contributed by atoms with E-state index in [2.05, 4.69) is 26.6 Å². The van der Waals surface area contributed by atoms with Crippen LogP contribution in [0.5, 0.6) is 0 Å². The fraction of sp³-hybridized carbons (Fsp3) is 0.412. The maximum atomic E-state index is 12.5. The first kappa shape index (κ1) is 18.5. The van der Waals surface area contributed by atoms with Gasteiger partial charge in [-0.1, -0.05) is 28.1 Å². The molecule has 0 bridgehead atoms. The molecule has 0 saturated heterocycles. The number of halogens is 1. The van der Waals surface area contributed by atoms with Crippen LogP contribution in [-0.2, 0) is 14.3 Å². The highest BCUT2D eigenvalue weighted by molar-refractivity contribution is 9.10. The lowest BCUT2D eigenvalue weighted by atomic mass is 9.96. The molecule has 0 radical (unpaired) electrons. The number of amides is 2. The number of ether oxygens (including phenoxy) is 2. The summed E-state index contributed by atoms with van der Waals surface area (Å²) < 4.78 is 11.6. The monoisotopic (exact) mass is 396 g/mol. The number of carbonyl (C=O) groups is 2. The van der Waals surface area contributed by atoms with Crippen molar-refractivity contribution in [3.63, 3.8) is 0 Å². The molecule has 1 aromatic carbocycles. The first-order chi connectivity index (χ1) is 11.4.